The summed E-state index contributed by atoms with van der Waals surface area (Å²) in [5.74, 6) is -0.0287. The Balaban J connectivity index is 2.12. The predicted octanol–water partition coefficient (Wildman–Crippen LogP) is 3.84. The number of hydrogen-bond acceptors (Lipinski definition) is 3. The molecule has 2 rings (SSSR count). The smallest absolute Gasteiger partial charge is 0.478 e. The first kappa shape index (κ1) is 19.6. The Morgan fingerprint density at radius 2 is 1.71 bits per heavy atom. The Bertz CT molecular complexity index is 468. The Labute approximate surface area is 145 Å². The van der Waals surface area contributed by atoms with E-state index in [4.69, 9.17) is 10.6 Å². The number of aliphatic carboxylic acids is 1. The molecule has 0 aromatic heterocycles. The molecule has 0 amide bonds. The van der Waals surface area contributed by atoms with Gasteiger partial charge in [0.2, 0.25) is 6.16 Å². The highest BCUT2D eigenvalue weighted by atomic mass is 31.1. The van der Waals surface area contributed by atoms with Crippen molar-refractivity contribution in [2.24, 2.45) is 23.5 Å². The lowest BCUT2D eigenvalue weighted by Gasteiger charge is -2.31. The van der Waals surface area contributed by atoms with Gasteiger partial charge >= 0.3 is 14.0 Å². The fourth-order valence-electron chi connectivity index (χ4n) is 4.49. The minimum absolute atomic E-state index is 0.00970. The fourth-order valence-corrected chi connectivity index (χ4v) is 5.02. The van der Waals surface area contributed by atoms with Crippen molar-refractivity contribution in [1.29, 1.82) is 0 Å². The lowest BCUT2D eigenvalue weighted by atomic mass is 9.77. The second-order valence-electron chi connectivity index (χ2n) is 7.53. The second-order valence-corrected chi connectivity index (χ2v) is 8.55. The molecule has 2 unspecified atom stereocenters. The van der Waals surface area contributed by atoms with E-state index in [-0.39, 0.29) is 23.7 Å². The first-order valence-corrected chi connectivity index (χ1v) is 10.7. The normalized spacial score (nSPS) is 23.9. The Morgan fingerprint density at radius 3 is 2.25 bits per heavy atom. The molecule has 0 saturated heterocycles. The van der Waals surface area contributed by atoms with Crippen molar-refractivity contribution in [3.63, 3.8) is 0 Å². The molecule has 0 aliphatic heterocycles. The number of carboxylic acids is 1. The van der Waals surface area contributed by atoms with E-state index in [2.05, 4.69) is 0 Å². The monoisotopic (exact) mass is 356 g/mol. The number of nitrogens with two attached hydrogens (primary N) is 1. The molecule has 24 heavy (non-hydrogen) atoms. The topological polar surface area (TPSA) is 101 Å². The van der Waals surface area contributed by atoms with Crippen LogP contribution in [0.25, 0.3) is 0 Å². The minimum atomic E-state index is -2.49. The van der Waals surface area contributed by atoms with E-state index in [0.29, 0.717) is 11.8 Å². The molecule has 2 saturated carbocycles. The van der Waals surface area contributed by atoms with Crippen LogP contribution < -0.4 is 5.73 Å². The zero-order chi connectivity index (χ0) is 17.5. The highest BCUT2D eigenvalue weighted by Crippen LogP contribution is 2.37. The van der Waals surface area contributed by atoms with Crippen LogP contribution in [0.15, 0.2) is 11.6 Å². The van der Waals surface area contributed by atoms with Gasteiger partial charge in [0.15, 0.2) is 0 Å². The molecule has 0 spiro atoms. The van der Waals surface area contributed by atoms with E-state index in [1.807, 2.05) is 0 Å². The molecule has 2 fully saturated rings. The molecular weight excluding hydrogens is 325 g/mol. The lowest BCUT2D eigenvalue weighted by molar-refractivity contribution is -0.132. The van der Waals surface area contributed by atoms with Crippen molar-refractivity contribution in [3.05, 3.63) is 11.6 Å². The Hall–Kier alpha value is -0.770. The van der Waals surface area contributed by atoms with Crippen molar-refractivity contribution in [2.45, 2.75) is 70.3 Å². The van der Waals surface area contributed by atoms with Crippen LogP contribution in [0.1, 0.15) is 64.2 Å². The molecule has 2 aliphatic carbocycles. The summed E-state index contributed by atoms with van der Waals surface area (Å²) in [7, 11) is -2.49. The zero-order valence-corrected chi connectivity index (χ0v) is 15.3. The van der Waals surface area contributed by atoms with Crippen LogP contribution in [-0.4, -0.2) is 28.2 Å². The summed E-state index contributed by atoms with van der Waals surface area (Å²) < 4.78 is 11.1. The molecule has 0 aromatic carbocycles. The molecule has 0 bridgehead atoms. The van der Waals surface area contributed by atoms with Gasteiger partial charge in [-0.15, -0.1) is 0 Å². The van der Waals surface area contributed by atoms with E-state index in [0.717, 1.165) is 19.3 Å². The maximum atomic E-state index is 11.4. The van der Waals surface area contributed by atoms with Gasteiger partial charge in [-0.1, -0.05) is 51.0 Å². The zero-order valence-electron chi connectivity index (χ0n) is 14.4. The average Bonchev–Trinajstić information content (AvgIpc) is 3.05. The molecule has 6 heteroatoms. The highest BCUT2D eigenvalue weighted by molar-refractivity contribution is 7.38. The van der Waals surface area contributed by atoms with Crippen LogP contribution in [0.2, 0.25) is 0 Å². The molecule has 3 atom stereocenters. The summed E-state index contributed by atoms with van der Waals surface area (Å²) in [6, 6.07) is -0.0536. The largest absolute Gasteiger partial charge is 0.510 e. The summed E-state index contributed by atoms with van der Waals surface area (Å²) in [5, 5.41) is 9.37. The summed E-state index contributed by atoms with van der Waals surface area (Å²) in [5.41, 5.74) is 6.59. The summed E-state index contributed by atoms with van der Waals surface area (Å²) in [6.45, 7) is 0. The van der Waals surface area contributed by atoms with Crippen molar-refractivity contribution in [1.82, 2.24) is 0 Å². The van der Waals surface area contributed by atoms with Gasteiger partial charge in [-0.3, -0.25) is 0 Å². The number of carboxylic acid groups (broad SMARTS) is 1. The molecule has 4 N–H and O–H groups in total. The fraction of sp³-hybridized carbons (Fsp3) is 0.833. The summed E-state index contributed by atoms with van der Waals surface area (Å²) >= 11 is 0. The van der Waals surface area contributed by atoms with Gasteiger partial charge in [0.05, 0.1) is 5.57 Å². The predicted molar refractivity (Wildman–Crippen MR) is 95.0 cm³/mol. The van der Waals surface area contributed by atoms with E-state index in [1.54, 1.807) is 6.08 Å². The van der Waals surface area contributed by atoms with Crippen molar-refractivity contribution >= 4 is 14.0 Å². The minimum Gasteiger partial charge on any atom is -0.478 e. The third-order valence-electron chi connectivity index (χ3n) is 5.74. The average molecular weight is 356 g/mol. The van der Waals surface area contributed by atoms with Crippen molar-refractivity contribution in [3.8, 4) is 0 Å². The quantitative estimate of drug-likeness (QED) is 0.453. The van der Waals surface area contributed by atoms with Crippen LogP contribution in [-0.2, 0) is 9.36 Å². The van der Waals surface area contributed by atoms with E-state index < -0.39 is 14.0 Å². The first-order chi connectivity index (χ1) is 11.5. The van der Waals surface area contributed by atoms with Gasteiger partial charge in [-0.25, -0.2) is 4.79 Å². The van der Waals surface area contributed by atoms with Crippen LogP contribution in [0.5, 0.6) is 0 Å². The third kappa shape index (κ3) is 5.94. The highest BCUT2D eigenvalue weighted by Gasteiger charge is 2.32. The summed E-state index contributed by atoms with van der Waals surface area (Å²) in [6.07, 6.45) is 13.2. The molecule has 5 nitrogen and oxygen atoms in total. The Morgan fingerprint density at radius 1 is 1.12 bits per heavy atom. The van der Waals surface area contributed by atoms with Gasteiger partial charge in [0, 0.05) is 6.04 Å². The van der Waals surface area contributed by atoms with E-state index >= 15 is 0 Å². The molecule has 136 valence electrons. The van der Waals surface area contributed by atoms with E-state index in [1.165, 1.54) is 44.9 Å². The van der Waals surface area contributed by atoms with Gasteiger partial charge in [0.25, 0.3) is 0 Å². The number of hydrogen-bond donors (Lipinski definition) is 3. The van der Waals surface area contributed by atoms with Crippen molar-refractivity contribution < 1.29 is 19.4 Å². The maximum Gasteiger partial charge on any atom is 0.510 e. The molecule has 0 heterocycles. The number of rotatable bonds is 8. The number of carbonyl (C=O) groups is 1. The van der Waals surface area contributed by atoms with Gasteiger partial charge in [0.1, 0.15) is 0 Å². The van der Waals surface area contributed by atoms with Crippen LogP contribution in [0, 0.1) is 17.8 Å². The maximum absolute atomic E-state index is 11.4. The van der Waals surface area contributed by atoms with Crippen molar-refractivity contribution in [2.75, 3.05) is 6.16 Å². The van der Waals surface area contributed by atoms with Gasteiger partial charge < -0.3 is 10.8 Å². The SMILES string of the molecule is N[C@H](CC1CCCCC1)C(/C=C(\C[P+](=O)O)C(=O)O)C1CCCC1. The first-order valence-electron chi connectivity index (χ1n) is 9.30. The molecular formula is C18H31NO4P+. The Kier molecular flexibility index (Phi) is 7.86. The van der Waals surface area contributed by atoms with Crippen LogP contribution in [0.3, 0.4) is 0 Å². The second kappa shape index (κ2) is 9.65. The molecule has 0 aromatic rings. The van der Waals surface area contributed by atoms with E-state index in [9.17, 15) is 14.5 Å². The van der Waals surface area contributed by atoms with Gasteiger partial charge in [-0.2, -0.15) is 4.89 Å². The lowest BCUT2D eigenvalue weighted by Crippen LogP contribution is -2.36. The standard InChI is InChI=1S/C18H30NO4P/c19-17(10-13-6-2-1-3-7-13)16(14-8-4-5-9-14)11-15(18(20)21)12-24(22)23/h11,13-14,16-17H,1-10,12,19H2,(H-,20,21,22,23)/p+1/b15-11+/t16?,17-/m1/s1. The molecule has 2 aliphatic rings. The third-order valence-corrected chi connectivity index (χ3v) is 6.35. The van der Waals surface area contributed by atoms with Crippen LogP contribution >= 0.6 is 8.03 Å². The van der Waals surface area contributed by atoms with Gasteiger partial charge in [-0.05, 0) is 41.6 Å². The molecule has 0 radical (unpaired) electrons. The summed E-state index contributed by atoms with van der Waals surface area (Å²) in [4.78, 5) is 20.6. The van der Waals surface area contributed by atoms with Crippen LogP contribution in [0.4, 0.5) is 0 Å².